The SMILES string of the molecule is O=C1CCC(CC2CCCC2)CC1. The third-order valence-corrected chi connectivity index (χ3v) is 3.80. The van der Waals surface area contributed by atoms with Gasteiger partial charge in [-0.2, -0.15) is 0 Å². The van der Waals surface area contributed by atoms with Crippen LogP contribution in [0.5, 0.6) is 0 Å². The molecule has 0 heterocycles. The van der Waals surface area contributed by atoms with E-state index in [4.69, 9.17) is 0 Å². The van der Waals surface area contributed by atoms with Gasteiger partial charge in [0.05, 0.1) is 0 Å². The van der Waals surface area contributed by atoms with Crippen LogP contribution in [-0.4, -0.2) is 5.78 Å². The van der Waals surface area contributed by atoms with Gasteiger partial charge < -0.3 is 0 Å². The summed E-state index contributed by atoms with van der Waals surface area (Å²) < 4.78 is 0. The molecule has 0 aromatic rings. The maximum atomic E-state index is 11.0. The molecule has 2 rings (SSSR count). The summed E-state index contributed by atoms with van der Waals surface area (Å²) in [6.45, 7) is 0. The van der Waals surface area contributed by atoms with Crippen molar-refractivity contribution in [2.24, 2.45) is 11.8 Å². The Hall–Kier alpha value is -0.330. The van der Waals surface area contributed by atoms with Gasteiger partial charge in [0.2, 0.25) is 0 Å². The van der Waals surface area contributed by atoms with E-state index in [-0.39, 0.29) is 0 Å². The van der Waals surface area contributed by atoms with Crippen LogP contribution in [0.25, 0.3) is 0 Å². The molecule has 0 saturated heterocycles. The minimum Gasteiger partial charge on any atom is -0.300 e. The van der Waals surface area contributed by atoms with Crippen molar-refractivity contribution >= 4 is 5.78 Å². The van der Waals surface area contributed by atoms with Crippen LogP contribution < -0.4 is 0 Å². The van der Waals surface area contributed by atoms with Gasteiger partial charge in [0.25, 0.3) is 0 Å². The van der Waals surface area contributed by atoms with Crippen molar-refractivity contribution in [2.75, 3.05) is 0 Å². The molecule has 0 aliphatic heterocycles. The molecule has 0 amide bonds. The number of carbonyl (C=O) groups is 1. The molecule has 2 aliphatic carbocycles. The van der Waals surface area contributed by atoms with E-state index in [1.165, 1.54) is 44.9 Å². The Bertz CT molecular complexity index is 170. The Morgan fingerprint density at radius 3 is 2.08 bits per heavy atom. The van der Waals surface area contributed by atoms with Crippen molar-refractivity contribution in [3.8, 4) is 0 Å². The molecule has 13 heavy (non-hydrogen) atoms. The van der Waals surface area contributed by atoms with Gasteiger partial charge in [-0.25, -0.2) is 0 Å². The maximum absolute atomic E-state index is 11.0. The van der Waals surface area contributed by atoms with Crippen molar-refractivity contribution in [1.82, 2.24) is 0 Å². The summed E-state index contributed by atoms with van der Waals surface area (Å²) in [5.41, 5.74) is 0. The average molecular weight is 180 g/mol. The highest BCUT2D eigenvalue weighted by atomic mass is 16.1. The molecule has 0 N–H and O–H groups in total. The highest BCUT2D eigenvalue weighted by Gasteiger charge is 2.23. The van der Waals surface area contributed by atoms with Crippen LogP contribution in [0.15, 0.2) is 0 Å². The zero-order chi connectivity index (χ0) is 9.10. The van der Waals surface area contributed by atoms with Gasteiger partial charge in [-0.1, -0.05) is 25.7 Å². The van der Waals surface area contributed by atoms with E-state index in [0.717, 1.165) is 24.7 Å². The van der Waals surface area contributed by atoms with E-state index in [2.05, 4.69) is 0 Å². The highest BCUT2D eigenvalue weighted by Crippen LogP contribution is 2.35. The minimum absolute atomic E-state index is 0.502. The molecule has 0 spiro atoms. The second kappa shape index (κ2) is 4.26. The predicted molar refractivity (Wildman–Crippen MR) is 53.5 cm³/mol. The van der Waals surface area contributed by atoms with Crippen molar-refractivity contribution in [3.63, 3.8) is 0 Å². The van der Waals surface area contributed by atoms with Crippen LogP contribution in [0.2, 0.25) is 0 Å². The quantitative estimate of drug-likeness (QED) is 0.637. The summed E-state index contributed by atoms with van der Waals surface area (Å²) in [5.74, 6) is 2.40. The van der Waals surface area contributed by atoms with Gasteiger partial charge in [-0.3, -0.25) is 4.79 Å². The summed E-state index contributed by atoms with van der Waals surface area (Å²) in [4.78, 5) is 11.0. The van der Waals surface area contributed by atoms with Gasteiger partial charge in [-0.05, 0) is 31.1 Å². The third-order valence-electron chi connectivity index (χ3n) is 3.80. The first-order valence-corrected chi connectivity index (χ1v) is 5.86. The summed E-state index contributed by atoms with van der Waals surface area (Å²) in [6, 6.07) is 0. The zero-order valence-electron chi connectivity index (χ0n) is 8.43. The van der Waals surface area contributed by atoms with Crippen LogP contribution in [0.4, 0.5) is 0 Å². The average Bonchev–Trinajstić information content (AvgIpc) is 2.62. The molecule has 0 unspecified atom stereocenters. The van der Waals surface area contributed by atoms with Crippen molar-refractivity contribution in [2.45, 2.75) is 57.8 Å². The Labute approximate surface area is 80.9 Å². The smallest absolute Gasteiger partial charge is 0.132 e. The van der Waals surface area contributed by atoms with Crippen LogP contribution in [0.3, 0.4) is 0 Å². The number of carbonyl (C=O) groups excluding carboxylic acids is 1. The molecule has 1 nitrogen and oxygen atoms in total. The number of hydrogen-bond donors (Lipinski definition) is 0. The molecule has 0 atom stereocenters. The van der Waals surface area contributed by atoms with Crippen LogP contribution in [0.1, 0.15) is 57.8 Å². The fourth-order valence-electron chi connectivity index (χ4n) is 2.95. The lowest BCUT2D eigenvalue weighted by Crippen LogP contribution is -2.16. The van der Waals surface area contributed by atoms with Crippen LogP contribution in [0, 0.1) is 11.8 Å². The van der Waals surface area contributed by atoms with E-state index in [1.54, 1.807) is 0 Å². The third kappa shape index (κ3) is 2.55. The van der Waals surface area contributed by atoms with E-state index >= 15 is 0 Å². The lowest BCUT2D eigenvalue weighted by atomic mass is 9.82. The standard InChI is InChI=1S/C12H20O/c13-12-7-5-11(6-8-12)9-10-3-1-2-4-10/h10-11H,1-9H2. The zero-order valence-corrected chi connectivity index (χ0v) is 8.43. The first-order chi connectivity index (χ1) is 6.34. The van der Waals surface area contributed by atoms with Crippen LogP contribution >= 0.6 is 0 Å². The Morgan fingerprint density at radius 2 is 1.46 bits per heavy atom. The van der Waals surface area contributed by atoms with Gasteiger partial charge in [0.1, 0.15) is 5.78 Å². The highest BCUT2D eigenvalue weighted by molar-refractivity contribution is 5.78. The first-order valence-electron chi connectivity index (χ1n) is 5.86. The topological polar surface area (TPSA) is 17.1 Å². The van der Waals surface area contributed by atoms with Crippen molar-refractivity contribution < 1.29 is 4.79 Å². The maximum Gasteiger partial charge on any atom is 0.132 e. The number of rotatable bonds is 2. The molecule has 0 aromatic heterocycles. The van der Waals surface area contributed by atoms with Gasteiger partial charge in [0.15, 0.2) is 0 Å². The Morgan fingerprint density at radius 1 is 0.923 bits per heavy atom. The molecule has 2 aliphatic rings. The van der Waals surface area contributed by atoms with E-state index < -0.39 is 0 Å². The Kier molecular flexibility index (Phi) is 3.02. The minimum atomic E-state index is 0.502. The second-order valence-electron chi connectivity index (χ2n) is 4.87. The summed E-state index contributed by atoms with van der Waals surface area (Å²) in [6.07, 6.45) is 11.4. The number of hydrogen-bond acceptors (Lipinski definition) is 1. The second-order valence-corrected chi connectivity index (χ2v) is 4.87. The lowest BCUT2D eigenvalue weighted by Gasteiger charge is -2.23. The van der Waals surface area contributed by atoms with E-state index in [1.807, 2.05) is 0 Å². The Balaban J connectivity index is 1.72. The fraction of sp³-hybridized carbons (Fsp3) is 0.917. The molecule has 74 valence electrons. The first kappa shape index (κ1) is 9.23. The largest absolute Gasteiger partial charge is 0.300 e. The molecule has 1 heteroatoms. The summed E-state index contributed by atoms with van der Waals surface area (Å²) in [5, 5.41) is 0. The molecule has 2 fully saturated rings. The summed E-state index contributed by atoms with van der Waals surface area (Å²) in [7, 11) is 0. The molecule has 0 radical (unpaired) electrons. The number of ketones is 1. The molecular weight excluding hydrogens is 160 g/mol. The van der Waals surface area contributed by atoms with Crippen molar-refractivity contribution in [1.29, 1.82) is 0 Å². The lowest BCUT2D eigenvalue weighted by molar-refractivity contribution is -0.121. The van der Waals surface area contributed by atoms with Gasteiger partial charge in [0, 0.05) is 12.8 Å². The van der Waals surface area contributed by atoms with Gasteiger partial charge >= 0.3 is 0 Å². The number of Topliss-reactive ketones (excluding diaryl/α,β-unsaturated/α-hetero) is 1. The monoisotopic (exact) mass is 180 g/mol. The van der Waals surface area contributed by atoms with Crippen LogP contribution in [-0.2, 0) is 4.79 Å². The molecular formula is C12H20O. The van der Waals surface area contributed by atoms with Gasteiger partial charge in [-0.15, -0.1) is 0 Å². The van der Waals surface area contributed by atoms with E-state index in [9.17, 15) is 4.79 Å². The predicted octanol–water partition coefficient (Wildman–Crippen LogP) is 3.33. The summed E-state index contributed by atoms with van der Waals surface area (Å²) >= 11 is 0. The van der Waals surface area contributed by atoms with E-state index in [0.29, 0.717) is 5.78 Å². The molecule has 0 bridgehead atoms. The molecule has 0 aromatic carbocycles. The molecule has 2 saturated carbocycles. The normalized spacial score (nSPS) is 26.9. The fourth-order valence-corrected chi connectivity index (χ4v) is 2.95. The van der Waals surface area contributed by atoms with Crippen molar-refractivity contribution in [3.05, 3.63) is 0 Å².